The summed E-state index contributed by atoms with van der Waals surface area (Å²) in [6.45, 7) is 17.0. The van der Waals surface area contributed by atoms with Gasteiger partial charge in [0.15, 0.2) is 6.29 Å². The van der Waals surface area contributed by atoms with E-state index in [1.807, 2.05) is 47.6 Å². The van der Waals surface area contributed by atoms with Crippen LogP contribution in [0.4, 0.5) is 18.0 Å². The molecule has 48 heavy (non-hydrogen) atoms. The van der Waals surface area contributed by atoms with Crippen LogP contribution in [0.3, 0.4) is 0 Å². The van der Waals surface area contributed by atoms with Gasteiger partial charge in [-0.15, -0.1) is 0 Å². The van der Waals surface area contributed by atoms with Gasteiger partial charge in [0.25, 0.3) is 5.91 Å². The lowest BCUT2D eigenvalue weighted by atomic mass is 9.92. The summed E-state index contributed by atoms with van der Waals surface area (Å²) in [5.41, 5.74) is 1.73. The van der Waals surface area contributed by atoms with Crippen molar-refractivity contribution < 1.29 is 27.6 Å². The first kappa shape index (κ1) is 43.9. The summed E-state index contributed by atoms with van der Waals surface area (Å²) in [4.78, 5) is 41.5. The molecule has 1 aliphatic heterocycles. The Bertz CT molecular complexity index is 1360. The van der Waals surface area contributed by atoms with Gasteiger partial charge in [-0.1, -0.05) is 90.1 Å². The predicted molar refractivity (Wildman–Crippen MR) is 192 cm³/mol. The number of aldehydes is 1. The molecule has 4 rings (SSSR count). The number of fused-ring (bicyclic) bond motifs is 1. The van der Waals surface area contributed by atoms with E-state index >= 15 is 0 Å². The van der Waals surface area contributed by atoms with Crippen molar-refractivity contribution in [3.05, 3.63) is 95.2 Å². The Morgan fingerprint density at radius 1 is 1.10 bits per heavy atom. The number of hydrogen-bond acceptors (Lipinski definition) is 5. The molecule has 2 N–H and O–H groups in total. The summed E-state index contributed by atoms with van der Waals surface area (Å²) in [5.74, 6) is -0.810. The highest BCUT2D eigenvalue weighted by Crippen LogP contribution is 2.46. The molecule has 1 aromatic carbocycles. The van der Waals surface area contributed by atoms with Gasteiger partial charge in [-0.05, 0) is 62.5 Å². The second-order valence-corrected chi connectivity index (χ2v) is 10.5. The van der Waals surface area contributed by atoms with E-state index in [2.05, 4.69) is 33.9 Å². The zero-order chi connectivity index (χ0) is 36.9. The van der Waals surface area contributed by atoms with Gasteiger partial charge >= 0.3 is 6.03 Å². The average molecular weight is 673 g/mol. The molecule has 1 saturated carbocycles. The Kier molecular flexibility index (Phi) is 21.3. The molecule has 266 valence electrons. The van der Waals surface area contributed by atoms with Gasteiger partial charge in [-0.2, -0.15) is 0 Å². The molecule has 0 bridgehead atoms. The zero-order valence-corrected chi connectivity index (χ0v) is 30.2. The number of hydrogen-bond donors (Lipinski definition) is 2. The number of carbonyl (C=O) groups is 3. The van der Waals surface area contributed by atoms with E-state index < -0.39 is 17.5 Å². The molecule has 1 heterocycles. The highest BCUT2D eigenvalue weighted by atomic mass is 19.1. The number of benzene rings is 1. The summed E-state index contributed by atoms with van der Waals surface area (Å²) >= 11 is 0. The molecule has 10 heteroatoms. The van der Waals surface area contributed by atoms with Crippen LogP contribution in [0.15, 0.2) is 88.8 Å². The third-order valence-electron chi connectivity index (χ3n) is 7.23. The minimum atomic E-state index is -0.999. The highest BCUT2D eigenvalue weighted by molar-refractivity contribution is 6.36. The van der Waals surface area contributed by atoms with Crippen LogP contribution in [-0.2, 0) is 9.59 Å². The van der Waals surface area contributed by atoms with Crippen LogP contribution in [0.1, 0.15) is 87.1 Å². The number of aliphatic imine (C=N–C) groups is 1. The number of nitrogens with one attached hydrogen (secondary N) is 2. The van der Waals surface area contributed by atoms with Crippen LogP contribution in [0, 0.1) is 11.7 Å². The second-order valence-electron chi connectivity index (χ2n) is 10.5. The van der Waals surface area contributed by atoms with Gasteiger partial charge in [0, 0.05) is 32.0 Å². The first-order chi connectivity index (χ1) is 23.0. The first-order valence-electron chi connectivity index (χ1n) is 16.8. The maximum Gasteiger partial charge on any atom is 0.324 e. The Balaban J connectivity index is 0.00000126. The number of halogens is 3. The van der Waals surface area contributed by atoms with Crippen molar-refractivity contribution in [2.24, 2.45) is 10.9 Å². The molecule has 2 aliphatic carbocycles. The molecule has 4 atom stereocenters. The number of urea groups is 1. The summed E-state index contributed by atoms with van der Waals surface area (Å²) in [7, 11) is 1.67. The van der Waals surface area contributed by atoms with Crippen molar-refractivity contribution in [1.82, 2.24) is 15.5 Å². The number of imide groups is 1. The topological polar surface area (TPSA) is 90.9 Å². The smallest absolute Gasteiger partial charge is 0.312 e. The molecule has 3 amide bonds. The number of amides is 3. The molecule has 3 aliphatic rings. The third-order valence-corrected chi connectivity index (χ3v) is 7.23. The Hall–Kier alpha value is -4.05. The lowest BCUT2D eigenvalue weighted by Gasteiger charge is -2.26. The maximum absolute atomic E-state index is 13.9. The summed E-state index contributed by atoms with van der Waals surface area (Å²) in [5, 5.41) is 5.61. The number of allylic oxidation sites excluding steroid dienone is 7. The van der Waals surface area contributed by atoms with Gasteiger partial charge in [0.1, 0.15) is 23.2 Å². The van der Waals surface area contributed by atoms with E-state index in [-0.39, 0.29) is 41.1 Å². The van der Waals surface area contributed by atoms with E-state index in [0.29, 0.717) is 25.7 Å². The molecule has 1 aromatic rings. The van der Waals surface area contributed by atoms with Crippen LogP contribution in [0.2, 0.25) is 0 Å². The molecule has 0 aromatic heterocycles. The lowest BCUT2D eigenvalue weighted by molar-refractivity contribution is -0.125. The van der Waals surface area contributed by atoms with Gasteiger partial charge in [-0.25, -0.2) is 18.0 Å². The summed E-state index contributed by atoms with van der Waals surface area (Å²) in [6.07, 6.45) is 13.4. The van der Waals surface area contributed by atoms with E-state index in [1.54, 1.807) is 26.1 Å². The van der Waals surface area contributed by atoms with Gasteiger partial charge in [-0.3, -0.25) is 25.2 Å². The van der Waals surface area contributed by atoms with E-state index in [9.17, 15) is 27.6 Å². The molecular weight excluding hydrogens is 617 g/mol. The van der Waals surface area contributed by atoms with Crippen molar-refractivity contribution in [1.29, 1.82) is 0 Å². The van der Waals surface area contributed by atoms with Crippen LogP contribution < -0.4 is 10.6 Å². The molecule has 1 saturated heterocycles. The maximum atomic E-state index is 13.9. The monoisotopic (exact) mass is 672 g/mol. The van der Waals surface area contributed by atoms with Gasteiger partial charge < -0.3 is 4.90 Å². The minimum absolute atomic E-state index is 0.0707. The SMILES string of the molecule is C/C(F)=C\C=C/C(C)F.CC.CC.CC.C[C@@H](/N=C(\C=O)c1ccccc1F)NC/C=C/C1C=C2C[C@@]3(CC2=CC1)C(=O)NC(=O)N3C. The zero-order valence-electron chi connectivity index (χ0n) is 30.2. The lowest BCUT2D eigenvalue weighted by Crippen LogP contribution is -2.45. The van der Waals surface area contributed by atoms with Crippen molar-refractivity contribution in [3.8, 4) is 0 Å². The fourth-order valence-corrected chi connectivity index (χ4v) is 4.98. The van der Waals surface area contributed by atoms with Crippen LogP contribution in [-0.4, -0.2) is 60.3 Å². The fourth-order valence-electron chi connectivity index (χ4n) is 4.98. The molecule has 0 radical (unpaired) electrons. The second kappa shape index (κ2) is 23.3. The predicted octanol–water partition coefficient (Wildman–Crippen LogP) is 8.74. The Labute approximate surface area is 285 Å². The Morgan fingerprint density at radius 2 is 1.73 bits per heavy atom. The van der Waals surface area contributed by atoms with Crippen LogP contribution in [0.25, 0.3) is 0 Å². The van der Waals surface area contributed by atoms with Crippen LogP contribution in [0.5, 0.6) is 0 Å². The fraction of sp³-hybridized carbons (Fsp3) is 0.474. The Morgan fingerprint density at radius 3 is 2.27 bits per heavy atom. The molecular formula is C38H55F3N4O3. The minimum Gasteiger partial charge on any atom is -0.312 e. The average Bonchev–Trinajstić information content (AvgIpc) is 3.57. The van der Waals surface area contributed by atoms with E-state index in [1.165, 1.54) is 49.1 Å². The standard InChI is InChI=1S/C25H27FN4O3.C7H10F2.3C2H6/c1-16(28-22(15-31)20-7-3-4-8-21(20)26)27-11-5-6-17-9-10-18-13-25(14-19(18)12-17)23(32)29-24(33)30(25)2;1-6(8)4-3-5-7(2)9;3*1-2/h3-8,10,12,15-17,27H,9,11,13-14H2,1-2H3,(H,29,32,33);3-6H,1-2H3;3*1-2H3/b6-5+,28-22+;4-3-,7-5+;;;/t16-,17?,25+;;;;/m1..../s1. The number of nitrogens with zero attached hydrogens (tertiary/aromatic N) is 2. The molecule has 1 spiro atoms. The number of carbonyl (C=O) groups excluding carboxylic acids is 3. The molecule has 7 nitrogen and oxygen atoms in total. The number of rotatable bonds is 9. The molecule has 2 fully saturated rings. The van der Waals surface area contributed by atoms with Crippen molar-refractivity contribution in [2.75, 3.05) is 13.6 Å². The van der Waals surface area contributed by atoms with Crippen LogP contribution >= 0.6 is 0 Å². The number of alkyl halides is 1. The van der Waals surface area contributed by atoms with Gasteiger partial charge in [0.05, 0.1) is 12.0 Å². The largest absolute Gasteiger partial charge is 0.324 e. The first-order valence-corrected chi connectivity index (χ1v) is 16.8. The summed E-state index contributed by atoms with van der Waals surface area (Å²) in [6, 6.07) is 5.72. The van der Waals surface area contributed by atoms with Gasteiger partial charge in [0.2, 0.25) is 0 Å². The number of likely N-dealkylation sites (N-methyl/N-ethyl adjacent to an activating group) is 1. The highest BCUT2D eigenvalue weighted by Gasteiger charge is 2.55. The van der Waals surface area contributed by atoms with Crippen molar-refractivity contribution in [2.45, 2.75) is 99.5 Å². The quantitative estimate of drug-likeness (QED) is 0.0903. The molecule has 2 unspecified atom stereocenters. The summed E-state index contributed by atoms with van der Waals surface area (Å²) < 4.78 is 37.7. The van der Waals surface area contributed by atoms with Crippen molar-refractivity contribution >= 4 is 23.9 Å². The van der Waals surface area contributed by atoms with E-state index in [4.69, 9.17) is 0 Å². The third kappa shape index (κ3) is 13.2. The normalized spacial score (nSPS) is 21.3. The van der Waals surface area contributed by atoms with Crippen molar-refractivity contribution in [3.63, 3.8) is 0 Å². The van der Waals surface area contributed by atoms with E-state index in [0.717, 1.165) is 17.6 Å².